The normalized spacial score (nSPS) is 19.1. The van der Waals surface area contributed by atoms with Crippen LogP contribution in [0.5, 0.6) is 0 Å². The fourth-order valence-corrected chi connectivity index (χ4v) is 5.06. The summed E-state index contributed by atoms with van der Waals surface area (Å²) < 4.78 is 13.4. The lowest BCUT2D eigenvalue weighted by molar-refractivity contribution is -0.128. The average molecular weight is 386 g/mol. The second-order valence-corrected chi connectivity index (χ2v) is 8.75. The van der Waals surface area contributed by atoms with Crippen LogP contribution >= 0.6 is 11.3 Å². The Morgan fingerprint density at radius 2 is 2.04 bits per heavy atom. The van der Waals surface area contributed by atoms with Crippen molar-refractivity contribution in [3.63, 3.8) is 0 Å². The largest absolute Gasteiger partial charge is 0.338 e. The predicted octanol–water partition coefficient (Wildman–Crippen LogP) is 3.85. The summed E-state index contributed by atoms with van der Waals surface area (Å²) in [5.74, 6) is -0.0405. The maximum Gasteiger partial charge on any atom is 0.263 e. The number of halogens is 1. The Kier molecular flexibility index (Phi) is 4.76. The van der Waals surface area contributed by atoms with Gasteiger partial charge in [-0.15, -0.1) is 11.3 Å². The molecule has 27 heavy (non-hydrogen) atoms. The van der Waals surface area contributed by atoms with Crippen molar-refractivity contribution < 1.29 is 14.0 Å². The van der Waals surface area contributed by atoms with E-state index in [4.69, 9.17) is 0 Å². The molecule has 4 nitrogen and oxygen atoms in total. The van der Waals surface area contributed by atoms with Gasteiger partial charge < -0.3 is 9.80 Å². The number of aryl methyl sites for hydroxylation is 1. The minimum absolute atomic E-state index is 0.0491. The van der Waals surface area contributed by atoms with Gasteiger partial charge in [0.15, 0.2) is 0 Å². The Balaban J connectivity index is 1.38. The summed E-state index contributed by atoms with van der Waals surface area (Å²) in [7, 11) is 0. The van der Waals surface area contributed by atoms with Crippen LogP contribution in [0, 0.1) is 18.2 Å². The first-order valence-electron chi connectivity index (χ1n) is 9.31. The summed E-state index contributed by atoms with van der Waals surface area (Å²) in [6.07, 6.45) is 2.21. The summed E-state index contributed by atoms with van der Waals surface area (Å²) in [6.45, 7) is 4.53. The van der Waals surface area contributed by atoms with E-state index < -0.39 is 0 Å². The molecule has 2 saturated heterocycles. The summed E-state index contributed by atoms with van der Waals surface area (Å²) in [6, 6.07) is 8.38. The zero-order chi connectivity index (χ0) is 19.0. The first-order chi connectivity index (χ1) is 12.9. The van der Waals surface area contributed by atoms with Crippen molar-refractivity contribution >= 4 is 23.2 Å². The molecule has 2 aliphatic heterocycles. The van der Waals surface area contributed by atoms with Gasteiger partial charge in [-0.25, -0.2) is 4.39 Å². The van der Waals surface area contributed by atoms with Crippen molar-refractivity contribution in [1.29, 1.82) is 0 Å². The lowest BCUT2D eigenvalue weighted by atomic mass is 9.77. The van der Waals surface area contributed by atoms with E-state index >= 15 is 0 Å². The Bertz CT molecular complexity index is 871. The number of benzene rings is 1. The molecular formula is C21H23FN2O2S. The first-order valence-corrected chi connectivity index (χ1v) is 10.2. The molecule has 1 spiro atoms. The topological polar surface area (TPSA) is 40.6 Å². The van der Waals surface area contributed by atoms with E-state index in [1.54, 1.807) is 6.07 Å². The minimum Gasteiger partial charge on any atom is -0.338 e. The zero-order valence-corrected chi connectivity index (χ0v) is 16.2. The van der Waals surface area contributed by atoms with Crippen molar-refractivity contribution in [2.75, 3.05) is 19.6 Å². The third-order valence-corrected chi connectivity index (χ3v) is 6.76. The lowest BCUT2D eigenvalue weighted by Gasteiger charge is -2.38. The summed E-state index contributed by atoms with van der Waals surface area (Å²) in [5, 5.41) is 2.00. The monoisotopic (exact) mass is 386 g/mol. The molecule has 1 aromatic carbocycles. The van der Waals surface area contributed by atoms with Gasteiger partial charge in [0.2, 0.25) is 5.91 Å². The van der Waals surface area contributed by atoms with Crippen molar-refractivity contribution in [1.82, 2.24) is 9.80 Å². The minimum atomic E-state index is -0.274. The second kappa shape index (κ2) is 7.08. The number of carbonyl (C=O) groups excluding carboxylic acids is 2. The third kappa shape index (κ3) is 3.76. The number of rotatable bonds is 3. The molecule has 0 bridgehead atoms. The highest BCUT2D eigenvalue weighted by Crippen LogP contribution is 2.41. The molecule has 0 unspecified atom stereocenters. The quantitative estimate of drug-likeness (QED) is 0.804. The molecule has 2 fully saturated rings. The molecule has 2 aliphatic rings. The highest BCUT2D eigenvalue weighted by molar-refractivity contribution is 7.12. The number of amides is 2. The van der Waals surface area contributed by atoms with Crippen LogP contribution in [0.25, 0.3) is 0 Å². The van der Waals surface area contributed by atoms with Crippen LogP contribution in [0.3, 0.4) is 0 Å². The third-order valence-electron chi connectivity index (χ3n) is 5.72. The van der Waals surface area contributed by atoms with Gasteiger partial charge in [-0.2, -0.15) is 0 Å². The molecule has 0 saturated carbocycles. The summed E-state index contributed by atoms with van der Waals surface area (Å²) in [5.41, 5.74) is 1.89. The molecule has 0 N–H and O–H groups in total. The van der Waals surface area contributed by atoms with Gasteiger partial charge in [-0.1, -0.05) is 12.1 Å². The SMILES string of the molecule is Cc1csc(C(=O)N2CCC3(CC2)CC(=O)N(Cc2cccc(F)c2)C3)c1. The number of piperidine rings is 1. The number of hydrogen-bond acceptors (Lipinski definition) is 3. The van der Waals surface area contributed by atoms with E-state index in [0.717, 1.165) is 28.8 Å². The molecule has 0 aliphatic carbocycles. The number of hydrogen-bond donors (Lipinski definition) is 0. The smallest absolute Gasteiger partial charge is 0.263 e. The standard InChI is InChI=1S/C21H23FN2O2S/c1-15-9-18(27-13-15)20(26)23-7-5-21(6-8-23)11-19(25)24(14-21)12-16-3-2-4-17(22)10-16/h2-4,9-10,13H,5-8,11-12,14H2,1H3. The van der Waals surface area contributed by atoms with Gasteiger partial charge in [0, 0.05) is 38.0 Å². The maximum atomic E-state index is 13.4. The first kappa shape index (κ1) is 18.2. The average Bonchev–Trinajstić information content (AvgIpc) is 3.19. The van der Waals surface area contributed by atoms with E-state index in [9.17, 15) is 14.0 Å². The molecule has 3 heterocycles. The van der Waals surface area contributed by atoms with Gasteiger partial charge in [0.05, 0.1) is 4.88 Å². The fourth-order valence-electron chi connectivity index (χ4n) is 4.20. The molecular weight excluding hydrogens is 363 g/mol. The van der Waals surface area contributed by atoms with Crippen molar-refractivity contribution in [3.05, 3.63) is 57.5 Å². The molecule has 2 amide bonds. The molecule has 0 atom stereocenters. The molecule has 142 valence electrons. The van der Waals surface area contributed by atoms with Crippen molar-refractivity contribution in [2.45, 2.75) is 32.7 Å². The number of thiophene rings is 1. The van der Waals surface area contributed by atoms with E-state index in [-0.39, 0.29) is 23.0 Å². The number of carbonyl (C=O) groups is 2. The highest BCUT2D eigenvalue weighted by Gasteiger charge is 2.45. The van der Waals surface area contributed by atoms with Crippen molar-refractivity contribution in [3.8, 4) is 0 Å². The molecule has 1 aromatic heterocycles. The van der Waals surface area contributed by atoms with Gasteiger partial charge in [-0.05, 0) is 54.5 Å². The number of likely N-dealkylation sites (tertiary alicyclic amines) is 2. The molecule has 6 heteroatoms. The van der Waals surface area contributed by atoms with Crippen LogP contribution < -0.4 is 0 Å². The van der Waals surface area contributed by atoms with E-state index in [1.165, 1.54) is 23.5 Å². The van der Waals surface area contributed by atoms with Crippen LogP contribution in [-0.2, 0) is 11.3 Å². The molecule has 2 aromatic rings. The maximum absolute atomic E-state index is 13.4. The van der Waals surface area contributed by atoms with Crippen LogP contribution in [0.4, 0.5) is 4.39 Å². The van der Waals surface area contributed by atoms with Crippen LogP contribution in [0.2, 0.25) is 0 Å². The predicted molar refractivity (Wildman–Crippen MR) is 103 cm³/mol. The summed E-state index contributed by atoms with van der Waals surface area (Å²) in [4.78, 5) is 29.7. The van der Waals surface area contributed by atoms with Crippen LogP contribution in [0.15, 0.2) is 35.7 Å². The fraction of sp³-hybridized carbons (Fsp3) is 0.429. The van der Waals surface area contributed by atoms with Gasteiger partial charge in [0.25, 0.3) is 5.91 Å². The van der Waals surface area contributed by atoms with Gasteiger partial charge >= 0.3 is 0 Å². The van der Waals surface area contributed by atoms with E-state index in [1.807, 2.05) is 34.2 Å². The molecule has 0 radical (unpaired) electrons. The van der Waals surface area contributed by atoms with Crippen LogP contribution in [-0.4, -0.2) is 41.2 Å². The summed E-state index contributed by atoms with van der Waals surface area (Å²) >= 11 is 1.49. The van der Waals surface area contributed by atoms with E-state index in [0.29, 0.717) is 32.6 Å². The molecule has 4 rings (SSSR count). The Hall–Kier alpha value is -2.21. The van der Waals surface area contributed by atoms with Crippen molar-refractivity contribution in [2.24, 2.45) is 5.41 Å². The Morgan fingerprint density at radius 1 is 1.26 bits per heavy atom. The van der Waals surface area contributed by atoms with E-state index in [2.05, 4.69) is 0 Å². The lowest BCUT2D eigenvalue weighted by Crippen LogP contribution is -2.44. The Labute approximate surface area is 162 Å². The number of nitrogens with zero attached hydrogens (tertiary/aromatic N) is 2. The second-order valence-electron chi connectivity index (χ2n) is 7.84. The zero-order valence-electron chi connectivity index (χ0n) is 15.4. The Morgan fingerprint density at radius 3 is 2.70 bits per heavy atom. The highest BCUT2D eigenvalue weighted by atomic mass is 32.1. The van der Waals surface area contributed by atoms with Gasteiger partial charge in [-0.3, -0.25) is 9.59 Å². The van der Waals surface area contributed by atoms with Gasteiger partial charge in [0.1, 0.15) is 5.82 Å². The van der Waals surface area contributed by atoms with Crippen LogP contribution in [0.1, 0.15) is 40.1 Å².